The number of hydrogen-bond donors (Lipinski definition) is 1. The average molecular weight is 444 g/mol. The zero-order valence-corrected chi connectivity index (χ0v) is 17.2. The van der Waals surface area contributed by atoms with Crippen LogP contribution in [0.15, 0.2) is 36.4 Å². The first-order valence-corrected chi connectivity index (χ1v) is 9.57. The molecular weight excluding hydrogens is 425 g/mol. The Hall–Kier alpha value is -3.76. The molecule has 0 aromatic heterocycles. The Morgan fingerprint density at radius 2 is 2.12 bits per heavy atom. The summed E-state index contributed by atoms with van der Waals surface area (Å²) in [5.74, 6) is 0.0233. The number of halogens is 3. The zero-order chi connectivity index (χ0) is 23.5. The van der Waals surface area contributed by atoms with E-state index in [-0.39, 0.29) is 24.7 Å². The Kier molecular flexibility index (Phi) is 6.56. The summed E-state index contributed by atoms with van der Waals surface area (Å²) in [5, 5.41) is 11.6. The highest BCUT2D eigenvalue weighted by Gasteiger charge is 2.36. The predicted molar refractivity (Wildman–Crippen MR) is 110 cm³/mol. The van der Waals surface area contributed by atoms with Crippen molar-refractivity contribution in [2.45, 2.75) is 32.4 Å². The summed E-state index contributed by atoms with van der Waals surface area (Å²) in [6.45, 7) is 10.5. The smallest absolute Gasteiger partial charge is 0.417 e. The van der Waals surface area contributed by atoms with Crippen LogP contribution in [0.3, 0.4) is 0 Å². The fourth-order valence-corrected chi connectivity index (χ4v) is 3.40. The van der Waals surface area contributed by atoms with Crippen molar-refractivity contribution in [3.63, 3.8) is 0 Å². The minimum atomic E-state index is -4.65. The van der Waals surface area contributed by atoms with Gasteiger partial charge in [0, 0.05) is 12.6 Å². The summed E-state index contributed by atoms with van der Waals surface area (Å²) in [7, 11) is 0. The van der Waals surface area contributed by atoms with E-state index in [1.807, 2.05) is 0 Å². The molecule has 0 aliphatic carbocycles. The quantitative estimate of drug-likeness (QED) is 0.676. The van der Waals surface area contributed by atoms with E-state index < -0.39 is 29.6 Å². The van der Waals surface area contributed by atoms with E-state index in [0.717, 1.165) is 12.1 Å². The lowest BCUT2D eigenvalue weighted by Gasteiger charge is -2.23. The molecule has 0 unspecified atom stereocenters. The van der Waals surface area contributed by atoms with Crippen LogP contribution in [0, 0.1) is 17.9 Å². The lowest BCUT2D eigenvalue weighted by atomic mass is 10.1. The molecule has 0 bridgehead atoms. The third-order valence-electron chi connectivity index (χ3n) is 4.82. The van der Waals surface area contributed by atoms with Crippen LogP contribution in [0.2, 0.25) is 0 Å². The van der Waals surface area contributed by atoms with Crippen molar-refractivity contribution < 1.29 is 27.4 Å². The van der Waals surface area contributed by atoms with Gasteiger partial charge in [0.2, 0.25) is 5.91 Å². The van der Waals surface area contributed by atoms with Crippen LogP contribution in [0.5, 0.6) is 5.75 Å². The first kappa shape index (κ1) is 22.9. The fraction of sp³-hybridized carbons (Fsp3) is 0.318. The Morgan fingerprint density at radius 1 is 1.38 bits per heavy atom. The van der Waals surface area contributed by atoms with E-state index in [1.54, 1.807) is 30.0 Å². The number of amides is 1. The van der Waals surface area contributed by atoms with Crippen LogP contribution in [0.1, 0.15) is 25.0 Å². The lowest BCUT2D eigenvalue weighted by molar-refractivity contribution is -0.137. The molecule has 2 atom stereocenters. The van der Waals surface area contributed by atoms with Gasteiger partial charge in [0.05, 0.1) is 36.0 Å². The molecule has 0 radical (unpaired) electrons. The van der Waals surface area contributed by atoms with Gasteiger partial charge < -0.3 is 19.7 Å². The molecule has 1 N–H and O–H groups in total. The van der Waals surface area contributed by atoms with E-state index in [4.69, 9.17) is 21.3 Å². The molecule has 0 spiro atoms. The molecule has 2 aromatic rings. The standard InChI is InChI=1S/C22H19F3N4O3/c1-13(30)28-20-8-16(27-3)5-7-21(20)31-12-18-11-29(14(2)32-18)17-6-4-15(10-26)19(9-17)22(23,24)25/h4-9,14,18H,11-12H2,1-2H3,(H,28,30)/t14-,18+/m1/s1. The molecular formula is C22H19F3N4O3. The Labute approximate surface area is 182 Å². The van der Waals surface area contributed by atoms with Gasteiger partial charge in [0.1, 0.15) is 24.7 Å². The van der Waals surface area contributed by atoms with Gasteiger partial charge in [-0.25, -0.2) is 4.85 Å². The van der Waals surface area contributed by atoms with Gasteiger partial charge in [-0.2, -0.15) is 18.4 Å². The molecule has 1 aliphatic heterocycles. The maximum absolute atomic E-state index is 13.3. The second-order valence-electron chi connectivity index (χ2n) is 7.13. The number of ether oxygens (including phenoxy) is 2. The zero-order valence-electron chi connectivity index (χ0n) is 17.2. The fourth-order valence-electron chi connectivity index (χ4n) is 3.40. The van der Waals surface area contributed by atoms with Crippen LogP contribution in [-0.4, -0.2) is 31.4 Å². The summed E-state index contributed by atoms with van der Waals surface area (Å²) in [5.41, 5.74) is -0.478. The molecule has 7 nitrogen and oxygen atoms in total. The summed E-state index contributed by atoms with van der Waals surface area (Å²) in [6.07, 6.45) is -5.62. The van der Waals surface area contributed by atoms with Crippen molar-refractivity contribution in [2.24, 2.45) is 0 Å². The maximum Gasteiger partial charge on any atom is 0.417 e. The third kappa shape index (κ3) is 5.10. The van der Waals surface area contributed by atoms with Crippen LogP contribution in [0.4, 0.5) is 30.2 Å². The minimum absolute atomic E-state index is 0.0766. The van der Waals surface area contributed by atoms with Crippen LogP contribution in [-0.2, 0) is 15.7 Å². The summed E-state index contributed by atoms with van der Waals surface area (Å²) in [6, 6.07) is 9.71. The van der Waals surface area contributed by atoms with E-state index in [2.05, 4.69) is 10.2 Å². The Balaban J connectivity index is 1.74. The van der Waals surface area contributed by atoms with E-state index in [9.17, 15) is 18.0 Å². The van der Waals surface area contributed by atoms with Crippen molar-refractivity contribution >= 4 is 23.0 Å². The first-order valence-electron chi connectivity index (χ1n) is 9.57. The highest BCUT2D eigenvalue weighted by Crippen LogP contribution is 2.36. The van der Waals surface area contributed by atoms with Gasteiger partial charge in [0.25, 0.3) is 0 Å². The number of alkyl halides is 3. The molecule has 1 heterocycles. The number of rotatable bonds is 5. The van der Waals surface area contributed by atoms with Crippen molar-refractivity contribution in [3.8, 4) is 11.8 Å². The number of anilines is 2. The Morgan fingerprint density at radius 3 is 2.75 bits per heavy atom. The minimum Gasteiger partial charge on any atom is -0.489 e. The van der Waals surface area contributed by atoms with Crippen LogP contribution < -0.4 is 15.0 Å². The topological polar surface area (TPSA) is 78.9 Å². The monoisotopic (exact) mass is 444 g/mol. The van der Waals surface area contributed by atoms with E-state index in [1.165, 1.54) is 19.1 Å². The number of carbonyl (C=O) groups is 1. The van der Waals surface area contributed by atoms with E-state index >= 15 is 0 Å². The van der Waals surface area contributed by atoms with Crippen molar-refractivity contribution in [1.29, 1.82) is 5.26 Å². The van der Waals surface area contributed by atoms with Gasteiger partial charge in [-0.15, -0.1) is 0 Å². The lowest BCUT2D eigenvalue weighted by Crippen LogP contribution is -2.29. The molecule has 32 heavy (non-hydrogen) atoms. The highest BCUT2D eigenvalue weighted by molar-refractivity contribution is 5.91. The van der Waals surface area contributed by atoms with E-state index in [0.29, 0.717) is 17.1 Å². The largest absolute Gasteiger partial charge is 0.489 e. The number of benzene rings is 2. The van der Waals surface area contributed by atoms with Gasteiger partial charge in [-0.1, -0.05) is 6.07 Å². The predicted octanol–water partition coefficient (Wildman–Crippen LogP) is 4.72. The molecule has 1 fully saturated rings. The van der Waals surface area contributed by atoms with Gasteiger partial charge >= 0.3 is 6.18 Å². The average Bonchev–Trinajstić information content (AvgIpc) is 3.11. The first-order chi connectivity index (χ1) is 15.1. The number of nitriles is 1. The number of nitrogens with one attached hydrogen (secondary N) is 1. The van der Waals surface area contributed by atoms with Crippen molar-refractivity contribution in [3.05, 3.63) is 58.9 Å². The van der Waals surface area contributed by atoms with Gasteiger partial charge in [-0.05, 0) is 37.3 Å². The molecule has 10 heteroatoms. The molecule has 3 rings (SSSR count). The molecule has 0 saturated carbocycles. The Bertz CT molecular complexity index is 1110. The van der Waals surface area contributed by atoms with Crippen LogP contribution >= 0.6 is 0 Å². The van der Waals surface area contributed by atoms with Gasteiger partial charge in [0.15, 0.2) is 5.69 Å². The molecule has 1 aliphatic rings. The SMILES string of the molecule is [C-]#[N+]c1ccc(OC[C@@H]2CN(c3ccc(C#N)c(C(F)(F)F)c3)[C@@H](C)O2)c(NC(C)=O)c1. The summed E-state index contributed by atoms with van der Waals surface area (Å²) < 4.78 is 51.5. The number of nitrogens with zero attached hydrogens (tertiary/aromatic N) is 3. The molecule has 166 valence electrons. The molecule has 1 amide bonds. The van der Waals surface area contributed by atoms with Crippen LogP contribution in [0.25, 0.3) is 4.85 Å². The molecule has 2 aromatic carbocycles. The van der Waals surface area contributed by atoms with Crippen molar-refractivity contribution in [1.82, 2.24) is 0 Å². The van der Waals surface area contributed by atoms with Gasteiger partial charge in [-0.3, -0.25) is 4.79 Å². The molecule has 1 saturated heterocycles. The number of carbonyl (C=O) groups excluding carboxylic acids is 1. The highest BCUT2D eigenvalue weighted by atomic mass is 19.4. The summed E-state index contributed by atoms with van der Waals surface area (Å²) in [4.78, 5) is 16.4. The third-order valence-corrected chi connectivity index (χ3v) is 4.82. The second-order valence-corrected chi connectivity index (χ2v) is 7.13. The number of hydrogen-bond acceptors (Lipinski definition) is 5. The second kappa shape index (κ2) is 9.16. The maximum atomic E-state index is 13.3. The summed E-state index contributed by atoms with van der Waals surface area (Å²) >= 11 is 0. The van der Waals surface area contributed by atoms with Crippen molar-refractivity contribution in [2.75, 3.05) is 23.4 Å². The normalized spacial score (nSPS) is 18.0.